The van der Waals surface area contributed by atoms with E-state index in [4.69, 9.17) is 4.74 Å². The van der Waals surface area contributed by atoms with E-state index in [1.54, 1.807) is 25.2 Å². The molecule has 6 nitrogen and oxygen atoms in total. The second-order valence-corrected chi connectivity index (χ2v) is 8.93. The van der Waals surface area contributed by atoms with Gasteiger partial charge in [-0.3, -0.25) is 4.79 Å². The molecule has 1 fully saturated rings. The fraction of sp³-hybridized carbons (Fsp3) is 0.316. The van der Waals surface area contributed by atoms with Crippen molar-refractivity contribution in [3.8, 4) is 5.75 Å². The third-order valence-electron chi connectivity index (χ3n) is 5.56. The summed E-state index contributed by atoms with van der Waals surface area (Å²) in [7, 11) is -0.911. The monoisotopic (exact) mass is 408 g/mol. The van der Waals surface area contributed by atoms with Gasteiger partial charge in [-0.05, 0) is 48.4 Å². The summed E-state index contributed by atoms with van der Waals surface area (Å²) in [5, 5.41) is 0. The van der Waals surface area contributed by atoms with Gasteiger partial charge in [0.1, 0.15) is 5.75 Å². The van der Waals surface area contributed by atoms with Gasteiger partial charge in [-0.25, -0.2) is 17.2 Å². The van der Waals surface area contributed by atoms with Crippen LogP contribution in [-0.4, -0.2) is 45.9 Å². The molecule has 2 heterocycles. The van der Waals surface area contributed by atoms with E-state index in [0.29, 0.717) is 29.5 Å². The number of carbonyl (C=O) groups excluding carboxylic acids is 1. The van der Waals surface area contributed by atoms with E-state index in [0.717, 1.165) is 16.4 Å². The predicted molar refractivity (Wildman–Crippen MR) is 97.8 cm³/mol. The van der Waals surface area contributed by atoms with Gasteiger partial charge < -0.3 is 9.64 Å². The van der Waals surface area contributed by atoms with Crippen LogP contribution in [0.3, 0.4) is 0 Å². The van der Waals surface area contributed by atoms with Crippen LogP contribution in [0.2, 0.25) is 0 Å². The lowest BCUT2D eigenvalue weighted by Gasteiger charge is -2.23. The van der Waals surface area contributed by atoms with Crippen molar-refractivity contribution in [3.05, 3.63) is 53.6 Å². The number of amides is 1. The number of anilines is 1. The topological polar surface area (TPSA) is 66.9 Å². The van der Waals surface area contributed by atoms with E-state index in [1.807, 2.05) is 0 Å². The zero-order valence-corrected chi connectivity index (χ0v) is 16.1. The number of rotatable bonds is 3. The predicted octanol–water partition coefficient (Wildman–Crippen LogP) is 2.28. The summed E-state index contributed by atoms with van der Waals surface area (Å²) >= 11 is 0. The molecule has 9 heteroatoms. The van der Waals surface area contributed by atoms with Gasteiger partial charge in [0.25, 0.3) is 0 Å². The summed E-state index contributed by atoms with van der Waals surface area (Å²) in [5.74, 6) is -1.98. The standard InChI is InChI=1S/C19H18F2N2O4S/c1-22-17-6-3-12(27-2)9-14(17)19(18(22)24)7-8-23(11-19)28(25,26)13-4-5-15(20)16(21)10-13/h3-6,9-10H,7-8,11H2,1-2H3/t19-/m1/s1. The Morgan fingerprint density at radius 1 is 1.11 bits per heavy atom. The number of methoxy groups -OCH3 is 1. The molecule has 1 amide bonds. The van der Waals surface area contributed by atoms with E-state index in [9.17, 15) is 22.0 Å². The summed E-state index contributed by atoms with van der Waals surface area (Å²) in [6.45, 7) is 0.0230. The minimum atomic E-state index is -4.08. The number of nitrogens with zero attached hydrogens (tertiary/aromatic N) is 2. The number of benzene rings is 2. The van der Waals surface area contributed by atoms with E-state index in [1.165, 1.54) is 12.0 Å². The largest absolute Gasteiger partial charge is 0.497 e. The van der Waals surface area contributed by atoms with Crippen LogP contribution in [0.1, 0.15) is 12.0 Å². The minimum absolute atomic E-state index is 0.0718. The van der Waals surface area contributed by atoms with E-state index >= 15 is 0 Å². The summed E-state index contributed by atoms with van der Waals surface area (Å²) in [6.07, 6.45) is 0.291. The lowest BCUT2D eigenvalue weighted by atomic mass is 9.81. The number of fused-ring (bicyclic) bond motifs is 2. The molecule has 28 heavy (non-hydrogen) atoms. The molecule has 148 valence electrons. The van der Waals surface area contributed by atoms with Crippen molar-refractivity contribution in [1.29, 1.82) is 0 Å². The molecular weight excluding hydrogens is 390 g/mol. The normalized spacial score (nSPS) is 22.1. The van der Waals surface area contributed by atoms with Crippen molar-refractivity contribution < 1.29 is 26.7 Å². The van der Waals surface area contributed by atoms with Crippen LogP contribution < -0.4 is 9.64 Å². The molecule has 0 bridgehead atoms. The number of likely N-dealkylation sites (N-methyl/N-ethyl adjacent to an activating group) is 1. The molecule has 0 saturated carbocycles. The Kier molecular flexibility index (Phi) is 4.20. The van der Waals surface area contributed by atoms with Gasteiger partial charge in [-0.2, -0.15) is 4.31 Å². The SMILES string of the molecule is COc1ccc2c(c1)[C@]1(CCN(S(=O)(=O)c3ccc(F)c(F)c3)C1)C(=O)N2C. The first-order chi connectivity index (χ1) is 13.2. The number of halogens is 2. The Balaban J connectivity index is 1.74. The van der Waals surface area contributed by atoms with Crippen LogP contribution in [0.25, 0.3) is 0 Å². The highest BCUT2D eigenvalue weighted by Crippen LogP contribution is 2.48. The molecule has 0 aromatic heterocycles. The van der Waals surface area contributed by atoms with Crippen LogP contribution in [0, 0.1) is 11.6 Å². The molecule has 0 aliphatic carbocycles. The van der Waals surface area contributed by atoms with Gasteiger partial charge in [0.05, 0.1) is 17.4 Å². The first-order valence-corrected chi connectivity index (χ1v) is 10.1. The number of carbonyl (C=O) groups is 1. The Morgan fingerprint density at radius 3 is 2.54 bits per heavy atom. The van der Waals surface area contributed by atoms with Crippen molar-refractivity contribution in [2.45, 2.75) is 16.7 Å². The van der Waals surface area contributed by atoms with Gasteiger partial charge >= 0.3 is 0 Å². The number of sulfonamides is 1. The minimum Gasteiger partial charge on any atom is -0.497 e. The summed E-state index contributed by atoms with van der Waals surface area (Å²) in [4.78, 5) is 14.2. The van der Waals surface area contributed by atoms with Crippen LogP contribution >= 0.6 is 0 Å². The lowest BCUT2D eigenvalue weighted by molar-refractivity contribution is -0.122. The molecule has 0 radical (unpaired) electrons. The maximum atomic E-state index is 13.6. The molecular formula is C19H18F2N2O4S. The second kappa shape index (κ2) is 6.25. The first kappa shape index (κ1) is 18.8. The van der Waals surface area contributed by atoms with Gasteiger partial charge in [0.15, 0.2) is 11.6 Å². The van der Waals surface area contributed by atoms with Crippen molar-refractivity contribution >= 4 is 21.6 Å². The second-order valence-electron chi connectivity index (χ2n) is 6.99. The summed E-state index contributed by atoms with van der Waals surface area (Å²) < 4.78 is 59.1. The molecule has 1 atom stereocenters. The molecule has 0 N–H and O–H groups in total. The van der Waals surface area contributed by atoms with Crippen LogP contribution in [0.4, 0.5) is 14.5 Å². The lowest BCUT2D eigenvalue weighted by Crippen LogP contribution is -2.42. The first-order valence-electron chi connectivity index (χ1n) is 8.62. The summed E-state index contributed by atoms with van der Waals surface area (Å²) in [6, 6.07) is 7.74. The molecule has 2 aromatic carbocycles. The number of hydrogen-bond donors (Lipinski definition) is 0. The average molecular weight is 408 g/mol. The van der Waals surface area contributed by atoms with Gasteiger partial charge in [-0.1, -0.05) is 0 Å². The molecule has 0 unspecified atom stereocenters. The quantitative estimate of drug-likeness (QED) is 0.782. The van der Waals surface area contributed by atoms with Crippen LogP contribution in [0.5, 0.6) is 5.75 Å². The third kappa shape index (κ3) is 2.53. The molecule has 2 aliphatic heterocycles. The maximum absolute atomic E-state index is 13.6. The van der Waals surface area contributed by atoms with Crippen molar-refractivity contribution in [1.82, 2.24) is 4.31 Å². The van der Waals surface area contributed by atoms with E-state index < -0.39 is 27.1 Å². The third-order valence-corrected chi connectivity index (χ3v) is 7.40. The molecule has 2 aliphatic rings. The zero-order chi connectivity index (χ0) is 20.3. The molecule has 4 rings (SSSR count). The van der Waals surface area contributed by atoms with Crippen molar-refractivity contribution in [2.24, 2.45) is 0 Å². The Hall–Kier alpha value is -2.52. The Morgan fingerprint density at radius 2 is 1.86 bits per heavy atom. The van der Waals surface area contributed by atoms with Gasteiger partial charge in [0, 0.05) is 25.8 Å². The maximum Gasteiger partial charge on any atom is 0.243 e. The van der Waals surface area contributed by atoms with E-state index in [-0.39, 0.29) is 23.9 Å². The zero-order valence-electron chi connectivity index (χ0n) is 15.3. The van der Waals surface area contributed by atoms with Gasteiger partial charge in [0.2, 0.25) is 15.9 Å². The number of ether oxygens (including phenoxy) is 1. The molecule has 2 aromatic rings. The Bertz CT molecular complexity index is 1090. The highest BCUT2D eigenvalue weighted by Gasteiger charge is 2.55. The Labute approximate surface area is 161 Å². The van der Waals surface area contributed by atoms with Crippen molar-refractivity contribution in [3.63, 3.8) is 0 Å². The highest BCUT2D eigenvalue weighted by atomic mass is 32.2. The van der Waals surface area contributed by atoms with E-state index in [2.05, 4.69) is 0 Å². The fourth-order valence-electron chi connectivity index (χ4n) is 4.02. The summed E-state index contributed by atoms with van der Waals surface area (Å²) in [5.41, 5.74) is 0.393. The average Bonchev–Trinajstić information content (AvgIpc) is 3.22. The highest BCUT2D eigenvalue weighted by molar-refractivity contribution is 7.89. The van der Waals surface area contributed by atoms with Crippen LogP contribution in [0.15, 0.2) is 41.3 Å². The van der Waals surface area contributed by atoms with Gasteiger partial charge in [-0.15, -0.1) is 0 Å². The molecule has 1 spiro atoms. The smallest absolute Gasteiger partial charge is 0.243 e. The van der Waals surface area contributed by atoms with Crippen LogP contribution in [-0.2, 0) is 20.2 Å². The fourth-order valence-corrected chi connectivity index (χ4v) is 5.54. The number of hydrogen-bond acceptors (Lipinski definition) is 4. The van der Waals surface area contributed by atoms with Crippen molar-refractivity contribution in [2.75, 3.05) is 32.1 Å². The molecule has 1 saturated heterocycles.